The van der Waals surface area contributed by atoms with E-state index >= 15 is 0 Å². The number of nitrogens with zero attached hydrogens (tertiary/aromatic N) is 3. The highest BCUT2D eigenvalue weighted by Gasteiger charge is 2.15. The van der Waals surface area contributed by atoms with Gasteiger partial charge >= 0.3 is 0 Å². The number of H-pyrrole nitrogens is 1. The molecule has 3 rings (SSSR count). The van der Waals surface area contributed by atoms with E-state index in [0.29, 0.717) is 5.02 Å². The lowest BCUT2D eigenvalue weighted by molar-refractivity contribution is 0.428. The molecule has 0 fully saturated rings. The number of nitriles is 1. The zero-order valence-corrected chi connectivity index (χ0v) is 11.4. The molecule has 0 aliphatic heterocycles. The molecule has 0 radical (unpaired) electrons. The number of aromatic hydroxyl groups is 1. The van der Waals surface area contributed by atoms with Gasteiger partial charge in [-0.15, -0.1) is 0 Å². The van der Waals surface area contributed by atoms with E-state index in [2.05, 4.69) is 10.1 Å². The molecular weight excluding hydrogens is 292 g/mol. The molecule has 7 heteroatoms. The zero-order chi connectivity index (χ0) is 15.0. The lowest BCUT2D eigenvalue weighted by atomic mass is 10.1. The minimum absolute atomic E-state index is 0.164. The third-order valence-electron chi connectivity index (χ3n) is 3.14. The molecule has 2 N–H and O–H groups in total. The van der Waals surface area contributed by atoms with E-state index in [-0.39, 0.29) is 29.1 Å². The van der Waals surface area contributed by atoms with Gasteiger partial charge in [0, 0.05) is 11.4 Å². The third kappa shape index (κ3) is 2.24. The van der Waals surface area contributed by atoms with Crippen LogP contribution in [0.4, 0.5) is 0 Å². The van der Waals surface area contributed by atoms with Crippen molar-refractivity contribution in [3.05, 3.63) is 62.5 Å². The van der Waals surface area contributed by atoms with Crippen LogP contribution < -0.4 is 5.56 Å². The fraction of sp³-hybridized carbons (Fsp3) is 0.0714. The van der Waals surface area contributed by atoms with Crippen molar-refractivity contribution in [2.45, 2.75) is 6.42 Å². The summed E-state index contributed by atoms with van der Waals surface area (Å²) in [6, 6.07) is 8.91. The van der Waals surface area contributed by atoms with Crippen LogP contribution in [0.15, 0.2) is 35.3 Å². The quantitative estimate of drug-likeness (QED) is 0.755. The van der Waals surface area contributed by atoms with E-state index in [0.717, 1.165) is 10.1 Å². The Morgan fingerprint density at radius 2 is 2.29 bits per heavy atom. The fourth-order valence-corrected chi connectivity index (χ4v) is 2.35. The molecule has 0 saturated carbocycles. The van der Waals surface area contributed by atoms with Crippen molar-refractivity contribution in [3.8, 4) is 11.9 Å². The van der Waals surface area contributed by atoms with Crippen LogP contribution in [0.3, 0.4) is 0 Å². The molecule has 0 spiro atoms. The van der Waals surface area contributed by atoms with Gasteiger partial charge in [-0.3, -0.25) is 4.79 Å². The summed E-state index contributed by atoms with van der Waals surface area (Å²) in [6.07, 6.45) is 1.49. The topological polar surface area (TPSA) is 94.2 Å². The predicted molar refractivity (Wildman–Crippen MR) is 76.5 cm³/mol. The van der Waals surface area contributed by atoms with Crippen molar-refractivity contribution in [3.63, 3.8) is 0 Å². The Bertz CT molecular complexity index is 936. The summed E-state index contributed by atoms with van der Waals surface area (Å²) in [5.74, 6) is -0.282. The van der Waals surface area contributed by atoms with Crippen LogP contribution in [-0.4, -0.2) is 19.7 Å². The first-order chi connectivity index (χ1) is 10.1. The fourth-order valence-electron chi connectivity index (χ4n) is 2.13. The summed E-state index contributed by atoms with van der Waals surface area (Å²) in [4.78, 5) is 14.7. The average molecular weight is 301 g/mol. The molecule has 0 saturated heterocycles. The lowest BCUT2D eigenvalue weighted by Gasteiger charge is -2.06. The number of aromatic amines is 1. The third-order valence-corrected chi connectivity index (χ3v) is 3.37. The Morgan fingerprint density at radius 1 is 1.48 bits per heavy atom. The largest absolute Gasteiger partial charge is 0.493 e. The second kappa shape index (κ2) is 4.96. The number of fused-ring (bicyclic) bond motifs is 1. The van der Waals surface area contributed by atoms with Gasteiger partial charge < -0.3 is 10.1 Å². The van der Waals surface area contributed by atoms with Gasteiger partial charge in [0.1, 0.15) is 11.6 Å². The van der Waals surface area contributed by atoms with Crippen molar-refractivity contribution in [2.24, 2.45) is 0 Å². The van der Waals surface area contributed by atoms with E-state index in [1.54, 1.807) is 24.3 Å². The Morgan fingerprint density at radius 3 is 3.00 bits per heavy atom. The van der Waals surface area contributed by atoms with Crippen LogP contribution in [0.2, 0.25) is 5.02 Å². The first-order valence-corrected chi connectivity index (χ1v) is 6.44. The number of halogens is 1. The molecule has 21 heavy (non-hydrogen) atoms. The van der Waals surface area contributed by atoms with E-state index in [9.17, 15) is 9.90 Å². The second-order valence-electron chi connectivity index (χ2n) is 4.49. The molecule has 0 unspecified atom stereocenters. The van der Waals surface area contributed by atoms with Gasteiger partial charge in [0.25, 0.3) is 5.56 Å². The minimum atomic E-state index is -0.461. The molecule has 0 aliphatic carbocycles. The maximum absolute atomic E-state index is 12.1. The predicted octanol–water partition coefficient (Wildman–Crippen LogP) is 1.84. The van der Waals surface area contributed by atoms with Crippen molar-refractivity contribution in [1.29, 1.82) is 5.26 Å². The van der Waals surface area contributed by atoms with Gasteiger partial charge in [-0.1, -0.05) is 23.7 Å². The summed E-state index contributed by atoms with van der Waals surface area (Å²) in [5.41, 5.74) is 0.858. The van der Waals surface area contributed by atoms with Gasteiger partial charge in [-0.05, 0) is 17.7 Å². The molecule has 104 valence electrons. The Balaban J connectivity index is 2.16. The number of hydrogen-bond donors (Lipinski definition) is 2. The summed E-state index contributed by atoms with van der Waals surface area (Å²) in [7, 11) is 0. The summed E-state index contributed by atoms with van der Waals surface area (Å²) in [6.45, 7) is 0. The van der Waals surface area contributed by atoms with Crippen LogP contribution in [0.1, 0.15) is 16.7 Å². The van der Waals surface area contributed by atoms with Crippen LogP contribution >= 0.6 is 11.6 Å². The van der Waals surface area contributed by atoms with Crippen LogP contribution in [-0.2, 0) is 6.42 Å². The Labute approximate surface area is 123 Å². The monoisotopic (exact) mass is 300 g/mol. The molecule has 6 nitrogen and oxygen atoms in total. The van der Waals surface area contributed by atoms with Gasteiger partial charge in [0.15, 0.2) is 5.65 Å². The van der Waals surface area contributed by atoms with Gasteiger partial charge in [0.05, 0.1) is 11.8 Å². The number of nitrogens with one attached hydrogen (secondary N) is 1. The van der Waals surface area contributed by atoms with E-state index in [4.69, 9.17) is 16.9 Å². The highest BCUT2D eigenvalue weighted by atomic mass is 35.5. The molecule has 0 atom stereocenters. The maximum Gasteiger partial charge on any atom is 0.258 e. The summed E-state index contributed by atoms with van der Waals surface area (Å²) >= 11 is 5.91. The van der Waals surface area contributed by atoms with Gasteiger partial charge in [-0.25, -0.2) is 0 Å². The normalized spacial score (nSPS) is 10.7. The number of rotatable bonds is 2. The van der Waals surface area contributed by atoms with Crippen LogP contribution in [0.25, 0.3) is 5.65 Å². The SMILES string of the molecule is N#Cc1cnn2c(O)c(Cc3cccc(Cl)c3)c(=O)[nH]c12. The Hall–Kier alpha value is -2.78. The van der Waals surface area contributed by atoms with E-state index in [1.807, 2.05) is 6.07 Å². The molecule has 2 aromatic heterocycles. The first-order valence-electron chi connectivity index (χ1n) is 6.06. The Kier molecular flexibility index (Phi) is 3.12. The van der Waals surface area contributed by atoms with Crippen LogP contribution in [0, 0.1) is 11.3 Å². The van der Waals surface area contributed by atoms with E-state index < -0.39 is 5.56 Å². The molecule has 0 bridgehead atoms. The van der Waals surface area contributed by atoms with Crippen molar-refractivity contribution < 1.29 is 5.11 Å². The van der Waals surface area contributed by atoms with Crippen molar-refractivity contribution in [1.82, 2.24) is 14.6 Å². The summed E-state index contributed by atoms with van der Waals surface area (Å²) in [5, 5.41) is 23.6. The highest BCUT2D eigenvalue weighted by molar-refractivity contribution is 6.30. The first kappa shape index (κ1) is 13.2. The smallest absolute Gasteiger partial charge is 0.258 e. The highest BCUT2D eigenvalue weighted by Crippen LogP contribution is 2.20. The number of hydrogen-bond acceptors (Lipinski definition) is 4. The standard InChI is InChI=1S/C14H9ClN4O2/c15-10-3-1-2-8(4-10)5-11-13(20)18-12-9(6-16)7-17-19(12)14(11)21/h1-4,7,21H,5H2,(H,18,20). The zero-order valence-electron chi connectivity index (χ0n) is 10.7. The molecule has 0 aliphatic rings. The molecule has 2 heterocycles. The number of aromatic nitrogens is 3. The minimum Gasteiger partial charge on any atom is -0.493 e. The molecule has 1 aromatic carbocycles. The van der Waals surface area contributed by atoms with E-state index in [1.165, 1.54) is 6.20 Å². The van der Waals surface area contributed by atoms with Gasteiger partial charge in [-0.2, -0.15) is 14.9 Å². The van der Waals surface area contributed by atoms with Gasteiger partial charge in [0.2, 0.25) is 5.88 Å². The summed E-state index contributed by atoms with van der Waals surface area (Å²) < 4.78 is 1.14. The van der Waals surface area contributed by atoms with Crippen molar-refractivity contribution in [2.75, 3.05) is 0 Å². The number of benzene rings is 1. The average Bonchev–Trinajstić information content (AvgIpc) is 2.86. The lowest BCUT2D eigenvalue weighted by Crippen LogP contribution is -2.16. The van der Waals surface area contributed by atoms with Crippen molar-refractivity contribution >= 4 is 17.2 Å². The second-order valence-corrected chi connectivity index (χ2v) is 4.93. The molecule has 3 aromatic rings. The molecule has 0 amide bonds. The maximum atomic E-state index is 12.1. The molecular formula is C14H9ClN4O2. The van der Waals surface area contributed by atoms with Crippen LogP contribution in [0.5, 0.6) is 5.88 Å².